The predicted octanol–water partition coefficient (Wildman–Crippen LogP) is 5.28. The fourth-order valence-electron chi connectivity index (χ4n) is 5.65. The Kier molecular flexibility index (Phi) is 12.3. The van der Waals surface area contributed by atoms with Gasteiger partial charge in [0.2, 0.25) is 0 Å². The van der Waals surface area contributed by atoms with E-state index in [9.17, 15) is 4.79 Å². The zero-order valence-electron chi connectivity index (χ0n) is 26.9. The molecule has 1 fully saturated rings. The highest BCUT2D eigenvalue weighted by molar-refractivity contribution is 7.99. The highest BCUT2D eigenvalue weighted by atomic mass is 35.5. The molecule has 0 spiro atoms. The van der Waals surface area contributed by atoms with Crippen LogP contribution >= 0.6 is 23.4 Å². The number of nitrogens with zero attached hydrogens (tertiary/aromatic N) is 4. The van der Waals surface area contributed by atoms with Crippen LogP contribution in [0.2, 0.25) is 5.02 Å². The smallest absolute Gasteiger partial charge is 0.354 e. The van der Waals surface area contributed by atoms with E-state index in [1.807, 2.05) is 49.0 Å². The van der Waals surface area contributed by atoms with Crippen LogP contribution in [0.3, 0.4) is 0 Å². The largest absolute Gasteiger partial charge is 0.386 e. The van der Waals surface area contributed by atoms with E-state index in [0.29, 0.717) is 46.9 Å². The van der Waals surface area contributed by atoms with E-state index in [1.165, 1.54) is 4.57 Å². The lowest BCUT2D eigenvalue weighted by Crippen LogP contribution is -2.39. The summed E-state index contributed by atoms with van der Waals surface area (Å²) in [4.78, 5) is 27.3. The molecule has 2 atom stereocenters. The molecule has 2 aromatic carbocycles. The Balaban J connectivity index is 1.22. The van der Waals surface area contributed by atoms with E-state index in [4.69, 9.17) is 23.1 Å². The van der Waals surface area contributed by atoms with Crippen molar-refractivity contribution in [3.8, 4) is 16.9 Å². The average molecular weight is 679 g/mol. The first-order valence-electron chi connectivity index (χ1n) is 16.1. The lowest BCUT2D eigenvalue weighted by atomic mass is 10.0. The minimum atomic E-state index is -0.517. The van der Waals surface area contributed by atoms with E-state index in [2.05, 4.69) is 31.8 Å². The Hall–Kier alpha value is -3.48. The van der Waals surface area contributed by atoms with Crippen molar-refractivity contribution in [1.82, 2.24) is 24.8 Å². The number of fused-ring (bicyclic) bond motifs is 1. The predicted molar refractivity (Wildman–Crippen MR) is 194 cm³/mol. The maximum atomic E-state index is 15.1. The highest BCUT2D eigenvalue weighted by Crippen LogP contribution is 2.31. The van der Waals surface area contributed by atoms with Crippen LogP contribution in [0, 0.1) is 5.82 Å². The summed E-state index contributed by atoms with van der Waals surface area (Å²) in [5.41, 5.74) is 15.5. The molecule has 0 saturated carbocycles. The van der Waals surface area contributed by atoms with Crippen molar-refractivity contribution in [3.05, 3.63) is 93.8 Å². The van der Waals surface area contributed by atoms with Crippen molar-refractivity contribution in [2.24, 2.45) is 16.5 Å². The van der Waals surface area contributed by atoms with Crippen molar-refractivity contribution >= 4 is 40.2 Å². The maximum Gasteiger partial charge on any atom is 0.354 e. The second kappa shape index (κ2) is 16.6. The van der Waals surface area contributed by atoms with Gasteiger partial charge in [0.05, 0.1) is 22.9 Å². The number of rotatable bonds is 15. The number of benzene rings is 2. The third kappa shape index (κ3) is 9.55. The van der Waals surface area contributed by atoms with E-state index in [1.54, 1.807) is 24.4 Å². The van der Waals surface area contributed by atoms with E-state index in [-0.39, 0.29) is 17.1 Å². The molecule has 4 aromatic rings. The molecule has 5 rings (SSSR count). The Labute approximate surface area is 284 Å². The molecule has 1 aliphatic heterocycles. The third-order valence-corrected chi connectivity index (χ3v) is 9.54. The fourth-order valence-corrected chi connectivity index (χ4v) is 6.87. The molecule has 0 amide bonds. The molecular formula is C35H44ClFN8OS. The van der Waals surface area contributed by atoms with Crippen LogP contribution in [0.4, 0.5) is 4.39 Å². The molecule has 2 aromatic heterocycles. The summed E-state index contributed by atoms with van der Waals surface area (Å²) < 4.78 is 16.6. The van der Waals surface area contributed by atoms with E-state index >= 15 is 4.39 Å². The minimum absolute atomic E-state index is 0.0549. The first-order valence-corrected chi connectivity index (χ1v) is 17.6. The number of nitrogens with one attached hydrogen (secondary N) is 2. The average Bonchev–Trinajstić information content (AvgIpc) is 3.47. The zero-order valence-corrected chi connectivity index (χ0v) is 28.4. The second-order valence-electron chi connectivity index (χ2n) is 12.1. The lowest BCUT2D eigenvalue weighted by molar-refractivity contribution is 0.344. The van der Waals surface area contributed by atoms with Crippen molar-refractivity contribution in [3.63, 3.8) is 0 Å². The number of aryl methyl sites for hydroxylation is 1. The van der Waals surface area contributed by atoms with Crippen molar-refractivity contribution in [1.29, 1.82) is 0 Å². The Morgan fingerprint density at radius 3 is 2.70 bits per heavy atom. The number of aliphatic imine (C=N–C) groups is 1. The van der Waals surface area contributed by atoms with Crippen LogP contribution in [0.1, 0.15) is 37.3 Å². The molecule has 1 saturated heterocycles. The number of aromatic amines is 1. The van der Waals surface area contributed by atoms with Gasteiger partial charge in [0.15, 0.2) is 5.82 Å². The lowest BCUT2D eigenvalue weighted by Gasteiger charge is -2.25. The van der Waals surface area contributed by atoms with Gasteiger partial charge < -0.3 is 21.8 Å². The van der Waals surface area contributed by atoms with Gasteiger partial charge in [0.25, 0.3) is 0 Å². The standard InChI is InChI=1S/C35H44ClFN8OS/c1-3-27(11-12-40-32(39)22-44-13-15-47-16-14-44)41-20-24-7-9-28(10-8-24)45-21-26-19-31(42-34(26)43-35(45)46)29-17-25(6-4-5-23(2)38)18-30(36)33(29)37/h3,7-10,17-19,21,23,27,41H,1,4-6,11-16,20,22,38H2,2H3,(H2,39,40)(H,42,43,46)/t23-,27-/m0/s1. The van der Waals surface area contributed by atoms with Gasteiger partial charge in [0.1, 0.15) is 11.5 Å². The topological polar surface area (TPSA) is 130 Å². The summed E-state index contributed by atoms with van der Waals surface area (Å²) in [7, 11) is 0. The van der Waals surface area contributed by atoms with Crippen LogP contribution in [-0.2, 0) is 13.0 Å². The minimum Gasteiger partial charge on any atom is -0.386 e. The number of H-pyrrole nitrogens is 1. The number of hydrogen-bond acceptors (Lipinski definition) is 7. The monoisotopic (exact) mass is 678 g/mol. The number of aromatic nitrogens is 3. The van der Waals surface area contributed by atoms with Crippen LogP contribution in [-0.4, -0.2) is 75.0 Å². The fraction of sp³-hybridized carbons (Fsp3) is 0.400. The molecule has 0 unspecified atom stereocenters. The van der Waals surface area contributed by atoms with Gasteiger partial charge in [-0.2, -0.15) is 16.7 Å². The Morgan fingerprint density at radius 2 is 1.98 bits per heavy atom. The molecular weight excluding hydrogens is 635 g/mol. The van der Waals surface area contributed by atoms with Gasteiger partial charge in [-0.15, -0.1) is 6.58 Å². The molecule has 250 valence electrons. The summed E-state index contributed by atoms with van der Waals surface area (Å²) in [6, 6.07) is 13.2. The Morgan fingerprint density at radius 1 is 1.21 bits per heavy atom. The molecule has 1 aliphatic rings. The first kappa shape index (κ1) is 34.8. The number of nitrogens with two attached hydrogens (primary N) is 2. The van der Waals surface area contributed by atoms with Crippen molar-refractivity contribution in [2.45, 2.75) is 51.2 Å². The van der Waals surface area contributed by atoms with Gasteiger partial charge in [-0.25, -0.2) is 9.18 Å². The second-order valence-corrected chi connectivity index (χ2v) is 13.8. The summed E-state index contributed by atoms with van der Waals surface area (Å²) in [5, 5.41) is 4.24. The quantitative estimate of drug-likeness (QED) is 0.0765. The zero-order chi connectivity index (χ0) is 33.3. The normalized spacial score (nSPS) is 15.6. The number of hydrogen-bond donors (Lipinski definition) is 4. The number of amidine groups is 1. The molecule has 12 heteroatoms. The number of thioether (sulfide) groups is 1. The summed E-state index contributed by atoms with van der Waals surface area (Å²) in [5.74, 6) is 2.47. The van der Waals surface area contributed by atoms with Gasteiger partial charge in [-0.3, -0.25) is 14.5 Å². The van der Waals surface area contributed by atoms with Crippen LogP contribution in [0.25, 0.3) is 28.0 Å². The van der Waals surface area contributed by atoms with Crippen molar-refractivity contribution < 1.29 is 4.39 Å². The molecule has 0 radical (unpaired) electrons. The van der Waals surface area contributed by atoms with Gasteiger partial charge in [-0.1, -0.05) is 29.8 Å². The van der Waals surface area contributed by atoms with Crippen LogP contribution in [0.15, 0.2) is 71.1 Å². The molecule has 3 heterocycles. The summed E-state index contributed by atoms with van der Waals surface area (Å²) in [6.07, 6.45) is 6.88. The first-order chi connectivity index (χ1) is 22.7. The van der Waals surface area contributed by atoms with Crippen molar-refractivity contribution in [2.75, 3.05) is 37.7 Å². The van der Waals surface area contributed by atoms with Gasteiger partial charge in [0, 0.05) is 66.9 Å². The summed E-state index contributed by atoms with van der Waals surface area (Å²) >= 11 is 8.24. The molecule has 9 nitrogen and oxygen atoms in total. The van der Waals surface area contributed by atoms with Crippen LogP contribution < -0.4 is 22.5 Å². The van der Waals surface area contributed by atoms with Gasteiger partial charge >= 0.3 is 5.69 Å². The third-order valence-electron chi connectivity index (χ3n) is 8.32. The SMILES string of the molecule is C=C[C@@H](CCN=C(N)CN1CCSCC1)NCc1ccc(-n2cc3cc(-c4cc(CCC[C@H](C)N)cc(Cl)c4F)[nH]c3nc2=O)cc1. The summed E-state index contributed by atoms with van der Waals surface area (Å²) in [6.45, 7) is 10.1. The molecule has 47 heavy (non-hydrogen) atoms. The van der Waals surface area contributed by atoms with Gasteiger partial charge in [-0.05, 0) is 74.1 Å². The maximum absolute atomic E-state index is 15.1. The molecule has 6 N–H and O–H groups in total. The number of halogens is 2. The molecule has 0 aliphatic carbocycles. The Bertz CT molecular complexity index is 1750. The molecule has 0 bridgehead atoms. The van der Waals surface area contributed by atoms with E-state index in [0.717, 1.165) is 68.0 Å². The van der Waals surface area contributed by atoms with Crippen LogP contribution in [0.5, 0.6) is 0 Å². The highest BCUT2D eigenvalue weighted by Gasteiger charge is 2.16. The van der Waals surface area contributed by atoms with E-state index < -0.39 is 11.5 Å².